The fraction of sp³-hybridized carbons (Fsp3) is 0.321. The van der Waals surface area contributed by atoms with E-state index in [1.165, 1.54) is 9.91 Å². The maximum absolute atomic E-state index is 15.7. The topological polar surface area (TPSA) is 37.3 Å². The van der Waals surface area contributed by atoms with E-state index in [2.05, 4.69) is 5.10 Å². The van der Waals surface area contributed by atoms with Crippen LogP contribution in [0.5, 0.6) is 0 Å². The minimum absolute atomic E-state index is 0.0753. The molecule has 1 unspecified atom stereocenters. The molecule has 0 bridgehead atoms. The van der Waals surface area contributed by atoms with E-state index in [9.17, 15) is 0 Å². The van der Waals surface area contributed by atoms with Gasteiger partial charge in [-0.1, -0.05) is 48.5 Å². The molecule has 9 heteroatoms. The van der Waals surface area contributed by atoms with Crippen LogP contribution in [-0.2, 0) is 9.47 Å². The third kappa shape index (κ3) is 4.16. The number of hydrazone groups is 1. The molecule has 6 rings (SSSR count). The number of nitrogens with zero attached hydrogens (tertiary/aromatic N) is 3. The third-order valence-electron chi connectivity index (χ3n) is 7.30. The van der Waals surface area contributed by atoms with Gasteiger partial charge in [0.1, 0.15) is 5.69 Å². The lowest BCUT2D eigenvalue weighted by Crippen LogP contribution is -2.46. The van der Waals surface area contributed by atoms with Gasteiger partial charge in [0, 0.05) is 32.4 Å². The average Bonchev–Trinajstić information content (AvgIpc) is 3.58. The Hall–Kier alpha value is -3.43. The summed E-state index contributed by atoms with van der Waals surface area (Å²) in [4.78, 5) is 1.33. The monoisotopic (exact) mass is 511 g/mol. The van der Waals surface area contributed by atoms with Gasteiger partial charge < -0.3 is 14.4 Å². The Labute approximate surface area is 211 Å². The summed E-state index contributed by atoms with van der Waals surface area (Å²) in [6.45, 7) is 1.19. The van der Waals surface area contributed by atoms with E-state index in [4.69, 9.17) is 9.47 Å². The molecule has 37 heavy (non-hydrogen) atoms. The van der Waals surface area contributed by atoms with E-state index >= 15 is 17.6 Å². The van der Waals surface area contributed by atoms with E-state index in [1.54, 1.807) is 30.3 Å². The molecule has 192 valence electrons. The summed E-state index contributed by atoms with van der Waals surface area (Å²) in [5, 5.41) is 6.05. The van der Waals surface area contributed by atoms with Gasteiger partial charge in [-0.15, -0.1) is 0 Å². The fourth-order valence-corrected chi connectivity index (χ4v) is 5.42. The Kier molecular flexibility index (Phi) is 6.12. The largest absolute Gasteiger partial charge is 0.366 e. The molecule has 0 amide bonds. The molecule has 3 aromatic carbocycles. The predicted octanol–water partition coefficient (Wildman–Crippen LogP) is 5.94. The van der Waals surface area contributed by atoms with Crippen LogP contribution in [0.15, 0.2) is 65.8 Å². The molecule has 0 aliphatic carbocycles. The summed E-state index contributed by atoms with van der Waals surface area (Å²) < 4.78 is 73.7. The van der Waals surface area contributed by atoms with E-state index in [1.807, 2.05) is 30.3 Å². The highest BCUT2D eigenvalue weighted by Gasteiger charge is 2.43. The summed E-state index contributed by atoms with van der Waals surface area (Å²) >= 11 is 0. The zero-order valence-corrected chi connectivity index (χ0v) is 20.0. The maximum Gasteiger partial charge on any atom is 0.185 e. The first-order chi connectivity index (χ1) is 18.0. The number of benzene rings is 3. The van der Waals surface area contributed by atoms with Gasteiger partial charge in [0.25, 0.3) is 0 Å². The highest BCUT2D eigenvalue weighted by atomic mass is 19.2. The molecule has 1 spiro atoms. The molecule has 3 heterocycles. The maximum atomic E-state index is 15.7. The SMILES string of the molecule is Fc1c(F)c(N2CCC3(CC2)OCCO3)c(F)c(F)c1C1CC(c2ccccc2)=NN1c1ccccc1. The first kappa shape index (κ1) is 23.9. The van der Waals surface area contributed by atoms with Gasteiger partial charge in [-0.2, -0.15) is 5.10 Å². The van der Waals surface area contributed by atoms with Gasteiger partial charge in [-0.05, 0) is 17.7 Å². The molecule has 0 aromatic heterocycles. The summed E-state index contributed by atoms with van der Waals surface area (Å²) in [5.74, 6) is -6.40. The van der Waals surface area contributed by atoms with Gasteiger partial charge in [-0.3, -0.25) is 5.01 Å². The fourth-order valence-electron chi connectivity index (χ4n) is 5.42. The van der Waals surface area contributed by atoms with Crippen molar-refractivity contribution in [3.8, 4) is 0 Å². The quantitative estimate of drug-likeness (QED) is 0.321. The highest BCUT2D eigenvalue weighted by molar-refractivity contribution is 6.03. The van der Waals surface area contributed by atoms with Crippen LogP contribution in [0.25, 0.3) is 0 Å². The minimum atomic E-state index is -1.40. The van der Waals surface area contributed by atoms with E-state index in [0.717, 1.165) is 5.56 Å². The predicted molar refractivity (Wildman–Crippen MR) is 132 cm³/mol. The van der Waals surface area contributed by atoms with Crippen molar-refractivity contribution in [1.82, 2.24) is 0 Å². The van der Waals surface area contributed by atoms with E-state index < -0.39 is 46.3 Å². The van der Waals surface area contributed by atoms with Crippen LogP contribution < -0.4 is 9.91 Å². The second-order valence-corrected chi connectivity index (χ2v) is 9.43. The van der Waals surface area contributed by atoms with Crippen molar-refractivity contribution in [3.63, 3.8) is 0 Å². The Morgan fingerprint density at radius 1 is 0.757 bits per heavy atom. The number of anilines is 2. The van der Waals surface area contributed by atoms with Crippen molar-refractivity contribution >= 4 is 17.1 Å². The normalized spacial score (nSPS) is 21.1. The van der Waals surface area contributed by atoms with Crippen LogP contribution in [0.2, 0.25) is 0 Å². The molecule has 3 aromatic rings. The summed E-state index contributed by atoms with van der Waals surface area (Å²) in [6.07, 6.45) is 0.761. The van der Waals surface area contributed by atoms with Gasteiger partial charge in [0.05, 0.1) is 36.2 Å². The van der Waals surface area contributed by atoms with Crippen molar-refractivity contribution in [2.75, 3.05) is 36.2 Å². The molecule has 2 fully saturated rings. The Morgan fingerprint density at radius 2 is 1.32 bits per heavy atom. The molecule has 0 saturated carbocycles. The molecule has 1 atom stereocenters. The number of ether oxygens (including phenoxy) is 2. The van der Waals surface area contributed by atoms with Crippen molar-refractivity contribution in [1.29, 1.82) is 0 Å². The first-order valence-electron chi connectivity index (χ1n) is 12.3. The second-order valence-electron chi connectivity index (χ2n) is 9.43. The van der Waals surface area contributed by atoms with E-state index in [0.29, 0.717) is 37.5 Å². The van der Waals surface area contributed by atoms with Crippen molar-refractivity contribution in [2.45, 2.75) is 31.1 Å². The lowest BCUT2D eigenvalue weighted by molar-refractivity contribution is -0.169. The van der Waals surface area contributed by atoms with Crippen LogP contribution in [0, 0.1) is 23.3 Å². The lowest BCUT2D eigenvalue weighted by Gasteiger charge is -2.39. The molecular formula is C28H25F4N3O2. The molecule has 3 aliphatic heterocycles. The zero-order valence-electron chi connectivity index (χ0n) is 20.0. The molecule has 0 radical (unpaired) electrons. The number of hydrogen-bond acceptors (Lipinski definition) is 5. The van der Waals surface area contributed by atoms with Gasteiger partial charge in [-0.25, -0.2) is 17.6 Å². The van der Waals surface area contributed by atoms with Crippen molar-refractivity contribution < 1.29 is 27.0 Å². The Bertz CT molecular complexity index is 1290. The second kappa shape index (κ2) is 9.46. The Balaban J connectivity index is 1.37. The molecule has 2 saturated heterocycles. The van der Waals surface area contributed by atoms with Crippen LogP contribution in [0.1, 0.15) is 36.4 Å². The summed E-state index contributed by atoms with van der Waals surface area (Å²) in [5.41, 5.74) is 0.521. The first-order valence-corrected chi connectivity index (χ1v) is 12.3. The smallest absolute Gasteiger partial charge is 0.185 e. The third-order valence-corrected chi connectivity index (χ3v) is 7.30. The van der Waals surface area contributed by atoms with Crippen LogP contribution in [0.3, 0.4) is 0 Å². The van der Waals surface area contributed by atoms with Crippen molar-refractivity contribution in [3.05, 3.63) is 95.1 Å². The standard InChI is InChI=1S/C28H25F4N3O2/c29-23-22(21-17-20(18-7-3-1-4-8-18)33-35(21)19-9-5-2-6-10-19)24(30)26(32)27(25(23)31)34-13-11-28(12-14-34)36-15-16-37-28/h1-10,21H,11-17H2. The number of hydrogen-bond donors (Lipinski definition) is 0. The van der Waals surface area contributed by atoms with Crippen LogP contribution in [0.4, 0.5) is 28.9 Å². The number of halogens is 4. The molecule has 3 aliphatic rings. The van der Waals surface area contributed by atoms with Gasteiger partial charge in [0.2, 0.25) is 0 Å². The van der Waals surface area contributed by atoms with Gasteiger partial charge >= 0.3 is 0 Å². The lowest BCUT2D eigenvalue weighted by atomic mass is 9.95. The average molecular weight is 512 g/mol. The molecule has 0 N–H and O–H groups in total. The summed E-state index contributed by atoms with van der Waals surface area (Å²) in [7, 11) is 0. The Morgan fingerprint density at radius 3 is 1.92 bits per heavy atom. The molecule has 5 nitrogen and oxygen atoms in total. The van der Waals surface area contributed by atoms with Crippen molar-refractivity contribution in [2.24, 2.45) is 5.10 Å². The van der Waals surface area contributed by atoms with E-state index in [-0.39, 0.29) is 19.5 Å². The van der Waals surface area contributed by atoms with Crippen LogP contribution in [-0.4, -0.2) is 37.8 Å². The molecular weight excluding hydrogens is 486 g/mol. The summed E-state index contributed by atoms with van der Waals surface area (Å²) in [6, 6.07) is 16.9. The highest BCUT2D eigenvalue weighted by Crippen LogP contribution is 2.43. The number of para-hydroxylation sites is 1. The number of piperidine rings is 1. The van der Waals surface area contributed by atoms with Crippen LogP contribution >= 0.6 is 0 Å². The van der Waals surface area contributed by atoms with Gasteiger partial charge in [0.15, 0.2) is 29.1 Å². The minimum Gasteiger partial charge on any atom is -0.366 e. The number of rotatable bonds is 4. The zero-order chi connectivity index (χ0) is 25.6.